The van der Waals surface area contributed by atoms with Crippen LogP contribution < -0.4 is 0 Å². The zero-order chi connectivity index (χ0) is 10.1. The second-order valence-electron chi connectivity index (χ2n) is 4.13. The van der Waals surface area contributed by atoms with Crippen molar-refractivity contribution in [2.24, 2.45) is 5.92 Å². The molecular formula is C11H16O3. The Bertz CT molecular complexity index is 270. The van der Waals surface area contributed by atoms with Gasteiger partial charge in [-0.3, -0.25) is 0 Å². The van der Waals surface area contributed by atoms with E-state index in [2.05, 4.69) is 4.74 Å². The molecule has 2 rings (SSSR count). The molecule has 14 heavy (non-hydrogen) atoms. The Labute approximate surface area is 84.1 Å². The minimum absolute atomic E-state index is 0.219. The molecule has 1 saturated carbocycles. The highest BCUT2D eigenvalue weighted by atomic mass is 16.6. The highest BCUT2D eigenvalue weighted by Crippen LogP contribution is 2.40. The fourth-order valence-electron chi connectivity index (χ4n) is 2.17. The number of hydrogen-bond donors (Lipinski definition) is 0. The van der Waals surface area contributed by atoms with Crippen LogP contribution >= 0.6 is 0 Å². The molecule has 0 amide bonds. The van der Waals surface area contributed by atoms with E-state index in [-0.39, 0.29) is 5.97 Å². The van der Waals surface area contributed by atoms with E-state index >= 15 is 0 Å². The molecule has 2 fully saturated rings. The molecule has 0 bridgehead atoms. The third-order valence-corrected chi connectivity index (χ3v) is 3.04. The summed E-state index contributed by atoms with van der Waals surface area (Å²) in [7, 11) is 1.42. The average Bonchev–Trinajstić information content (AvgIpc) is 2.94. The van der Waals surface area contributed by atoms with Gasteiger partial charge in [0.1, 0.15) is 0 Å². The smallest absolute Gasteiger partial charge is 0.333 e. The molecule has 0 aromatic rings. The van der Waals surface area contributed by atoms with Crippen molar-refractivity contribution in [1.82, 2.24) is 0 Å². The quantitative estimate of drug-likeness (QED) is 0.383. The van der Waals surface area contributed by atoms with Gasteiger partial charge in [0.15, 0.2) is 0 Å². The Hall–Kier alpha value is -0.830. The SMILES string of the molecule is COC(=O)/C(C)=C/C1CCC2OC2C1. The maximum Gasteiger partial charge on any atom is 0.333 e. The number of ether oxygens (including phenoxy) is 2. The lowest BCUT2D eigenvalue weighted by Crippen LogP contribution is -2.13. The maximum absolute atomic E-state index is 11.2. The topological polar surface area (TPSA) is 38.8 Å². The lowest BCUT2D eigenvalue weighted by molar-refractivity contribution is -0.136. The third-order valence-electron chi connectivity index (χ3n) is 3.04. The van der Waals surface area contributed by atoms with Crippen LogP contribution in [0.2, 0.25) is 0 Å². The number of methoxy groups -OCH3 is 1. The number of epoxide rings is 1. The highest BCUT2D eigenvalue weighted by molar-refractivity contribution is 5.87. The first-order valence-electron chi connectivity index (χ1n) is 5.13. The molecule has 1 heterocycles. The summed E-state index contributed by atoms with van der Waals surface area (Å²) in [5.41, 5.74) is 0.719. The molecular weight excluding hydrogens is 180 g/mol. The molecule has 0 radical (unpaired) electrons. The molecule has 1 saturated heterocycles. The largest absolute Gasteiger partial charge is 0.466 e. The minimum Gasteiger partial charge on any atom is -0.466 e. The maximum atomic E-state index is 11.2. The van der Waals surface area contributed by atoms with E-state index in [4.69, 9.17) is 4.74 Å². The van der Waals surface area contributed by atoms with Crippen molar-refractivity contribution in [2.45, 2.75) is 38.4 Å². The predicted octanol–water partition coefficient (Wildman–Crippen LogP) is 1.67. The highest BCUT2D eigenvalue weighted by Gasteiger charge is 2.43. The summed E-state index contributed by atoms with van der Waals surface area (Å²) in [5, 5.41) is 0. The first-order chi connectivity index (χ1) is 6.70. The molecule has 0 aromatic heterocycles. The lowest BCUT2D eigenvalue weighted by atomic mass is 9.88. The second-order valence-corrected chi connectivity index (χ2v) is 4.13. The molecule has 1 aliphatic heterocycles. The molecule has 0 aromatic carbocycles. The molecule has 3 heteroatoms. The number of carbonyl (C=O) groups is 1. The van der Waals surface area contributed by atoms with Crippen molar-refractivity contribution in [2.75, 3.05) is 7.11 Å². The van der Waals surface area contributed by atoms with Crippen LogP contribution in [0.3, 0.4) is 0 Å². The van der Waals surface area contributed by atoms with E-state index in [9.17, 15) is 4.79 Å². The fourth-order valence-corrected chi connectivity index (χ4v) is 2.17. The van der Waals surface area contributed by atoms with Gasteiger partial charge in [-0.25, -0.2) is 4.79 Å². The second kappa shape index (κ2) is 3.73. The van der Waals surface area contributed by atoms with Gasteiger partial charge < -0.3 is 9.47 Å². The normalized spacial score (nSPS) is 36.1. The summed E-state index contributed by atoms with van der Waals surface area (Å²) >= 11 is 0. The zero-order valence-electron chi connectivity index (χ0n) is 8.66. The van der Waals surface area contributed by atoms with E-state index in [0.29, 0.717) is 18.1 Å². The summed E-state index contributed by atoms with van der Waals surface area (Å²) in [6, 6.07) is 0. The van der Waals surface area contributed by atoms with E-state index in [1.54, 1.807) is 0 Å². The van der Waals surface area contributed by atoms with Gasteiger partial charge in [0.2, 0.25) is 0 Å². The molecule has 2 aliphatic rings. The van der Waals surface area contributed by atoms with Crippen LogP contribution in [0.25, 0.3) is 0 Å². The number of hydrogen-bond acceptors (Lipinski definition) is 3. The average molecular weight is 196 g/mol. The Morgan fingerprint density at radius 3 is 2.86 bits per heavy atom. The third kappa shape index (κ3) is 1.98. The van der Waals surface area contributed by atoms with E-state index in [1.165, 1.54) is 7.11 Å². The molecule has 78 valence electrons. The van der Waals surface area contributed by atoms with Crippen molar-refractivity contribution in [1.29, 1.82) is 0 Å². The van der Waals surface area contributed by atoms with Gasteiger partial charge in [-0.2, -0.15) is 0 Å². The van der Waals surface area contributed by atoms with Crippen molar-refractivity contribution in [3.05, 3.63) is 11.6 Å². The Kier molecular flexibility index (Phi) is 2.59. The summed E-state index contributed by atoms with van der Waals surface area (Å²) in [6.07, 6.45) is 6.37. The van der Waals surface area contributed by atoms with Crippen molar-refractivity contribution < 1.29 is 14.3 Å². The van der Waals surface area contributed by atoms with Crippen molar-refractivity contribution in [3.63, 3.8) is 0 Å². The van der Waals surface area contributed by atoms with Gasteiger partial charge in [-0.15, -0.1) is 0 Å². The first kappa shape index (κ1) is 9.71. The van der Waals surface area contributed by atoms with Gasteiger partial charge in [-0.05, 0) is 32.1 Å². The lowest BCUT2D eigenvalue weighted by Gasteiger charge is -2.15. The molecule has 3 atom stereocenters. The van der Waals surface area contributed by atoms with E-state index < -0.39 is 0 Å². The van der Waals surface area contributed by atoms with Crippen molar-refractivity contribution >= 4 is 5.97 Å². The van der Waals surface area contributed by atoms with Crippen LogP contribution in [0.1, 0.15) is 26.2 Å². The van der Waals surface area contributed by atoms with E-state index in [1.807, 2.05) is 13.0 Å². The van der Waals surface area contributed by atoms with Gasteiger partial charge in [0, 0.05) is 5.57 Å². The van der Waals surface area contributed by atoms with Gasteiger partial charge in [0.05, 0.1) is 19.3 Å². The van der Waals surface area contributed by atoms with Gasteiger partial charge >= 0.3 is 5.97 Å². The molecule has 1 aliphatic carbocycles. The van der Waals surface area contributed by atoms with Gasteiger partial charge in [-0.1, -0.05) is 6.08 Å². The Morgan fingerprint density at radius 1 is 1.43 bits per heavy atom. The molecule has 3 unspecified atom stereocenters. The van der Waals surface area contributed by atoms with Crippen molar-refractivity contribution in [3.8, 4) is 0 Å². The van der Waals surface area contributed by atoms with Crippen LogP contribution in [-0.2, 0) is 14.3 Å². The van der Waals surface area contributed by atoms with Gasteiger partial charge in [0.25, 0.3) is 0 Å². The number of fused-ring (bicyclic) bond motifs is 1. The standard InChI is InChI=1S/C11H16O3/c1-7(11(12)13-2)5-8-3-4-9-10(6-8)14-9/h5,8-10H,3-4,6H2,1-2H3/b7-5+. The zero-order valence-corrected chi connectivity index (χ0v) is 8.66. The summed E-state index contributed by atoms with van der Waals surface area (Å²) in [5.74, 6) is 0.279. The number of esters is 1. The molecule has 0 spiro atoms. The van der Waals surface area contributed by atoms with Crippen LogP contribution in [0.15, 0.2) is 11.6 Å². The minimum atomic E-state index is -0.219. The van der Waals surface area contributed by atoms with E-state index in [0.717, 1.165) is 24.8 Å². The fraction of sp³-hybridized carbons (Fsp3) is 0.727. The monoisotopic (exact) mass is 196 g/mol. The number of rotatable bonds is 2. The van der Waals surface area contributed by atoms with Crippen LogP contribution in [-0.4, -0.2) is 25.3 Å². The van der Waals surface area contributed by atoms with Crippen LogP contribution in [0.4, 0.5) is 0 Å². The summed E-state index contributed by atoms with van der Waals surface area (Å²) in [4.78, 5) is 11.2. The molecule has 0 N–H and O–H groups in total. The Morgan fingerprint density at radius 2 is 2.21 bits per heavy atom. The van der Waals surface area contributed by atoms with Crippen LogP contribution in [0, 0.1) is 5.92 Å². The summed E-state index contributed by atoms with van der Waals surface area (Å²) < 4.78 is 10.1. The summed E-state index contributed by atoms with van der Waals surface area (Å²) in [6.45, 7) is 1.81. The first-order valence-corrected chi connectivity index (χ1v) is 5.13. The predicted molar refractivity (Wildman–Crippen MR) is 51.8 cm³/mol. The number of carbonyl (C=O) groups excluding carboxylic acids is 1. The Balaban J connectivity index is 1.91. The van der Waals surface area contributed by atoms with Crippen LogP contribution in [0.5, 0.6) is 0 Å². The molecule has 3 nitrogen and oxygen atoms in total. The number of allylic oxidation sites excluding steroid dienone is 1.